The van der Waals surface area contributed by atoms with Crippen LogP contribution in [0.5, 0.6) is 0 Å². The van der Waals surface area contributed by atoms with Crippen LogP contribution in [0, 0.1) is 0 Å². The van der Waals surface area contributed by atoms with Gasteiger partial charge in [0.25, 0.3) is 0 Å². The Labute approximate surface area is 511 Å². The molecule has 2 saturated heterocycles. The number of ether oxygens (including phenoxy) is 3. The number of phosphoric ester groups is 2. The highest BCUT2D eigenvalue weighted by Crippen LogP contribution is 2.61. The Balaban J connectivity index is 1.64. The lowest BCUT2D eigenvalue weighted by molar-refractivity contribution is -0.350. The molecule has 2 aliphatic rings. The first kappa shape index (κ1) is 78.1. The predicted octanol–water partition coefficient (Wildman–Crippen LogP) is 15.1. The van der Waals surface area contributed by atoms with Gasteiger partial charge in [0.2, 0.25) is 0 Å². The standard InChI is InChI=1S/C67H112O16P2/c1-47(2)24-14-25-48(3)26-15-27-49(4)28-16-29-50(5)30-17-31-51(6)32-18-33-52(7)34-19-35-53(8)36-20-37-54(9)38-21-39-55(10)40-22-41-56(11)42-23-43-57(12)44-45-78-84(74,75)83-85(76,77)82-67-64(73)65(61(70)59(46-68)80-67)81-66-63(72)62(71)60(69)58(13)79-66/h24,26,28,30,32,34,36,38,40,42,44,58-73H,14-23,25,27,29,31,33,35,37,39,41,43,45-46H2,1-13H3,(H,74,75)(H,76,77)/b48-26+,49-28+,50-30-,51-32-,52-34-,53-36-,54-38-,55-40-,56-42-,57-44-/t58-,59+,60-,61-,62+,63+,64+,65-,66-,67+/m0/s1. The van der Waals surface area contributed by atoms with Crippen LogP contribution in [0.3, 0.4) is 0 Å². The second kappa shape index (κ2) is 42.1. The van der Waals surface area contributed by atoms with Crippen molar-refractivity contribution in [3.05, 3.63) is 128 Å². The molecule has 0 saturated carbocycles. The van der Waals surface area contributed by atoms with Gasteiger partial charge in [-0.3, -0.25) is 9.05 Å². The topological polar surface area (TPSA) is 251 Å². The summed E-state index contributed by atoms with van der Waals surface area (Å²) >= 11 is 0. The summed E-state index contributed by atoms with van der Waals surface area (Å²) in [4.78, 5) is 20.6. The largest absolute Gasteiger partial charge is 0.483 e. The summed E-state index contributed by atoms with van der Waals surface area (Å²) in [5.74, 6) is 0. The smallest absolute Gasteiger partial charge is 0.394 e. The van der Waals surface area contributed by atoms with Gasteiger partial charge in [0.05, 0.1) is 19.3 Å². The predicted molar refractivity (Wildman–Crippen MR) is 342 cm³/mol. The van der Waals surface area contributed by atoms with E-state index in [1.165, 1.54) is 75.2 Å². The lowest BCUT2D eigenvalue weighted by atomic mass is 9.97. The van der Waals surface area contributed by atoms with Crippen LogP contribution in [-0.4, -0.2) is 115 Å². The molecule has 0 aliphatic carbocycles. The maximum atomic E-state index is 12.8. The van der Waals surface area contributed by atoms with Gasteiger partial charge in [-0.2, -0.15) is 4.31 Å². The number of rotatable bonds is 40. The third-order valence-corrected chi connectivity index (χ3v) is 18.0. The van der Waals surface area contributed by atoms with Crippen molar-refractivity contribution >= 4 is 15.6 Å². The van der Waals surface area contributed by atoms with Gasteiger partial charge in [-0.25, -0.2) is 9.13 Å². The molecule has 0 aromatic heterocycles. The second-order valence-electron chi connectivity index (χ2n) is 24.1. The minimum absolute atomic E-state index is 0.454. The average molecular weight is 1240 g/mol. The third-order valence-electron chi connectivity index (χ3n) is 15.4. The van der Waals surface area contributed by atoms with Crippen LogP contribution in [0.2, 0.25) is 0 Å². The lowest BCUT2D eigenvalue weighted by Gasteiger charge is -2.45. The van der Waals surface area contributed by atoms with E-state index in [9.17, 15) is 49.6 Å². The van der Waals surface area contributed by atoms with E-state index >= 15 is 0 Å². The molecule has 486 valence electrons. The molecule has 2 heterocycles. The third kappa shape index (κ3) is 34.6. The SMILES string of the molecule is CC(C)=CCC/C(C)=C/CC/C(C)=C/CC/C(C)=C\CC/C(C)=C\CC/C(C)=C\CC/C(C)=C\CC/C(C)=C\CC/C(C)=C\CC/C(C)=C\CC/C(C)=C\COP(=O)(O)OP(=O)(O)O[C@H]1O[C@H](CO)[C@H](O)[C@H](O[C@@H]2O[C@@H](C)[C@H](O)[C@@H](O)[C@H]2O)[C@H]1O. The number of aliphatic hydroxyl groups is 6. The van der Waals surface area contributed by atoms with Crippen molar-refractivity contribution in [1.29, 1.82) is 0 Å². The highest BCUT2D eigenvalue weighted by molar-refractivity contribution is 7.61. The van der Waals surface area contributed by atoms with Crippen molar-refractivity contribution in [1.82, 2.24) is 0 Å². The summed E-state index contributed by atoms with van der Waals surface area (Å²) in [6, 6.07) is 0. The van der Waals surface area contributed by atoms with Crippen LogP contribution in [0.25, 0.3) is 0 Å². The molecule has 18 heteroatoms. The first-order chi connectivity index (χ1) is 40.0. The van der Waals surface area contributed by atoms with E-state index in [4.69, 9.17) is 23.3 Å². The summed E-state index contributed by atoms with van der Waals surface area (Å²) in [5, 5.41) is 61.7. The summed E-state index contributed by atoms with van der Waals surface area (Å²) in [6.45, 7) is 26.3. The number of allylic oxidation sites excluding steroid dienone is 21. The summed E-state index contributed by atoms with van der Waals surface area (Å²) < 4.78 is 55.6. The first-order valence-electron chi connectivity index (χ1n) is 30.9. The van der Waals surface area contributed by atoms with Crippen molar-refractivity contribution in [2.45, 2.75) is 280 Å². The molecule has 0 aromatic carbocycles. The van der Waals surface area contributed by atoms with E-state index in [0.29, 0.717) is 6.42 Å². The van der Waals surface area contributed by atoms with E-state index in [0.717, 1.165) is 121 Å². The fraction of sp³-hybridized carbons (Fsp3) is 0.672. The minimum Gasteiger partial charge on any atom is -0.394 e. The maximum absolute atomic E-state index is 12.8. The van der Waals surface area contributed by atoms with E-state index in [1.54, 1.807) is 0 Å². The van der Waals surface area contributed by atoms with Crippen LogP contribution < -0.4 is 0 Å². The van der Waals surface area contributed by atoms with Crippen molar-refractivity contribution in [2.24, 2.45) is 0 Å². The van der Waals surface area contributed by atoms with E-state index in [1.807, 2.05) is 6.92 Å². The summed E-state index contributed by atoms with van der Waals surface area (Å²) in [7, 11) is -10.8. The van der Waals surface area contributed by atoms with Gasteiger partial charge in [-0.05, 0) is 218 Å². The van der Waals surface area contributed by atoms with Crippen molar-refractivity contribution in [3.8, 4) is 0 Å². The number of hydrogen-bond acceptors (Lipinski definition) is 14. The zero-order valence-electron chi connectivity index (χ0n) is 53.9. The number of phosphoric acid groups is 2. The van der Waals surface area contributed by atoms with Gasteiger partial charge < -0.3 is 54.6 Å². The molecule has 2 fully saturated rings. The summed E-state index contributed by atoms with van der Waals surface area (Å²) in [5.41, 5.74) is 15.2. The molecule has 2 rings (SSSR count). The molecule has 0 amide bonds. The van der Waals surface area contributed by atoms with Gasteiger partial charge in [-0.1, -0.05) is 128 Å². The zero-order chi connectivity index (χ0) is 63.7. The molecule has 12 atom stereocenters. The lowest BCUT2D eigenvalue weighted by Crippen LogP contribution is -2.64. The molecular weight excluding hydrogens is 1120 g/mol. The molecule has 0 spiro atoms. The normalized spacial score (nSPS) is 26.4. The Kier molecular flexibility index (Phi) is 38.7. The van der Waals surface area contributed by atoms with Crippen molar-refractivity contribution in [2.75, 3.05) is 13.2 Å². The molecule has 2 aliphatic heterocycles. The molecular formula is C67H112O16P2. The average Bonchev–Trinajstić information content (AvgIpc) is 1.75. The molecule has 85 heavy (non-hydrogen) atoms. The van der Waals surface area contributed by atoms with E-state index in [2.05, 4.69) is 141 Å². The first-order valence-corrected chi connectivity index (χ1v) is 33.9. The van der Waals surface area contributed by atoms with Crippen LogP contribution >= 0.6 is 15.6 Å². The van der Waals surface area contributed by atoms with Crippen LogP contribution in [-0.2, 0) is 36.7 Å². The molecule has 0 radical (unpaired) electrons. The second-order valence-corrected chi connectivity index (χ2v) is 27.1. The van der Waals surface area contributed by atoms with Crippen LogP contribution in [0.4, 0.5) is 0 Å². The fourth-order valence-electron chi connectivity index (χ4n) is 9.69. The Morgan fingerprint density at radius 1 is 0.400 bits per heavy atom. The van der Waals surface area contributed by atoms with Gasteiger partial charge >= 0.3 is 15.6 Å². The molecule has 0 bridgehead atoms. The maximum Gasteiger partial charge on any atom is 0.483 e. The van der Waals surface area contributed by atoms with Crippen LogP contribution in [0.15, 0.2) is 128 Å². The monoisotopic (exact) mass is 1230 g/mol. The molecule has 0 aromatic rings. The Bertz CT molecular complexity index is 2440. The van der Waals surface area contributed by atoms with Crippen molar-refractivity contribution in [3.63, 3.8) is 0 Å². The Morgan fingerprint density at radius 3 is 1.04 bits per heavy atom. The highest BCUT2D eigenvalue weighted by Gasteiger charge is 2.52. The summed E-state index contributed by atoms with van der Waals surface area (Å²) in [6.07, 6.45) is 28.7. The molecule has 16 nitrogen and oxygen atoms in total. The number of aliphatic hydroxyl groups excluding tert-OH is 6. The Hall–Kier alpha value is -2.96. The van der Waals surface area contributed by atoms with Crippen molar-refractivity contribution < 1.29 is 77.1 Å². The minimum atomic E-state index is -5.57. The highest BCUT2D eigenvalue weighted by atomic mass is 31.3. The number of hydrogen-bond donors (Lipinski definition) is 8. The van der Waals surface area contributed by atoms with E-state index in [-0.39, 0.29) is 0 Å². The van der Waals surface area contributed by atoms with Gasteiger partial charge in [-0.15, -0.1) is 0 Å². The Morgan fingerprint density at radius 2 is 0.718 bits per heavy atom. The zero-order valence-corrected chi connectivity index (χ0v) is 55.7. The quantitative estimate of drug-likeness (QED) is 0.0210. The molecule has 8 N–H and O–H groups in total. The van der Waals surface area contributed by atoms with Gasteiger partial charge in [0.15, 0.2) is 12.6 Å². The molecule has 2 unspecified atom stereocenters. The van der Waals surface area contributed by atoms with Gasteiger partial charge in [0.1, 0.15) is 42.7 Å². The fourth-order valence-corrected chi connectivity index (χ4v) is 11.8. The van der Waals surface area contributed by atoms with Crippen LogP contribution in [0.1, 0.15) is 218 Å². The van der Waals surface area contributed by atoms with E-state index < -0.39 is 90.3 Å². The van der Waals surface area contributed by atoms with Gasteiger partial charge in [0, 0.05) is 0 Å².